The molecule has 0 radical (unpaired) electrons. The number of benzene rings is 1. The lowest BCUT2D eigenvalue weighted by molar-refractivity contribution is 0.0707. The highest BCUT2D eigenvalue weighted by molar-refractivity contribution is 9.10. The molecule has 1 aromatic rings. The van der Waals surface area contributed by atoms with E-state index in [2.05, 4.69) is 21.2 Å². The van der Waals surface area contributed by atoms with Gasteiger partial charge in [0.1, 0.15) is 0 Å². The molecule has 2 rings (SSSR count). The molecule has 5 nitrogen and oxygen atoms in total. The number of carbonyl (C=O) groups is 1. The van der Waals surface area contributed by atoms with Crippen molar-refractivity contribution in [3.8, 4) is 11.5 Å². The first kappa shape index (κ1) is 18.1. The molecule has 6 heteroatoms. The number of hydrogen-bond acceptors (Lipinski definition) is 4. The van der Waals surface area contributed by atoms with E-state index < -0.39 is 0 Å². The summed E-state index contributed by atoms with van der Waals surface area (Å²) in [5.41, 5.74) is 0.625. The lowest BCUT2D eigenvalue weighted by Crippen LogP contribution is -2.43. The van der Waals surface area contributed by atoms with E-state index >= 15 is 0 Å². The lowest BCUT2D eigenvalue weighted by Gasteiger charge is -2.32. The summed E-state index contributed by atoms with van der Waals surface area (Å²) >= 11 is 3.50. The van der Waals surface area contributed by atoms with Gasteiger partial charge in [0.2, 0.25) is 0 Å². The Balaban J connectivity index is 2.16. The molecule has 0 aromatic heterocycles. The van der Waals surface area contributed by atoms with Crippen molar-refractivity contribution in [2.24, 2.45) is 0 Å². The smallest absolute Gasteiger partial charge is 0.254 e. The van der Waals surface area contributed by atoms with Crippen LogP contribution in [-0.2, 0) is 0 Å². The van der Waals surface area contributed by atoms with Crippen LogP contribution in [0.2, 0.25) is 0 Å². The second-order valence-corrected chi connectivity index (χ2v) is 6.55. The van der Waals surface area contributed by atoms with Crippen LogP contribution >= 0.6 is 15.9 Å². The number of amides is 1. The predicted octanol–water partition coefficient (Wildman–Crippen LogP) is 3.07. The fourth-order valence-electron chi connectivity index (χ4n) is 2.74. The standard InChI is InChI=1S/C17H25BrN2O3/c1-4-9-23-16-14(18)10-12(11-15(16)22-3)17(21)20-7-5-13(19-2)6-8-20/h10-11,13,19H,4-9H2,1-3H3. The second kappa shape index (κ2) is 8.55. The molecule has 23 heavy (non-hydrogen) atoms. The predicted molar refractivity (Wildman–Crippen MR) is 94.5 cm³/mol. The quantitative estimate of drug-likeness (QED) is 0.818. The molecule has 1 aliphatic rings. The van der Waals surface area contributed by atoms with E-state index in [0.717, 1.165) is 36.8 Å². The summed E-state index contributed by atoms with van der Waals surface area (Å²) in [6, 6.07) is 4.09. The third-order valence-corrected chi connectivity index (χ3v) is 4.71. The van der Waals surface area contributed by atoms with E-state index in [0.29, 0.717) is 29.7 Å². The second-order valence-electron chi connectivity index (χ2n) is 5.69. The minimum Gasteiger partial charge on any atom is -0.493 e. The van der Waals surface area contributed by atoms with Gasteiger partial charge < -0.3 is 19.7 Å². The van der Waals surface area contributed by atoms with Gasteiger partial charge in [-0.25, -0.2) is 0 Å². The Hall–Kier alpha value is -1.27. The van der Waals surface area contributed by atoms with E-state index in [1.807, 2.05) is 24.9 Å². The van der Waals surface area contributed by atoms with Crippen molar-refractivity contribution in [2.75, 3.05) is 33.9 Å². The number of hydrogen-bond donors (Lipinski definition) is 1. The number of nitrogens with zero attached hydrogens (tertiary/aromatic N) is 1. The zero-order chi connectivity index (χ0) is 16.8. The van der Waals surface area contributed by atoms with Crippen LogP contribution in [0.15, 0.2) is 16.6 Å². The Kier molecular flexibility index (Phi) is 6.72. The molecule has 128 valence electrons. The first-order valence-corrected chi connectivity index (χ1v) is 8.86. The normalized spacial score (nSPS) is 15.6. The highest BCUT2D eigenvalue weighted by atomic mass is 79.9. The topological polar surface area (TPSA) is 50.8 Å². The van der Waals surface area contributed by atoms with Crippen LogP contribution in [0.3, 0.4) is 0 Å². The van der Waals surface area contributed by atoms with Crippen LogP contribution in [0.5, 0.6) is 11.5 Å². The van der Waals surface area contributed by atoms with Crippen LogP contribution in [0.25, 0.3) is 0 Å². The van der Waals surface area contributed by atoms with Gasteiger partial charge in [0.15, 0.2) is 11.5 Å². The fourth-order valence-corrected chi connectivity index (χ4v) is 3.30. The Morgan fingerprint density at radius 3 is 2.65 bits per heavy atom. The van der Waals surface area contributed by atoms with Crippen molar-refractivity contribution in [1.82, 2.24) is 10.2 Å². The Bertz CT molecular complexity index is 543. The molecule has 1 aromatic carbocycles. The molecule has 0 spiro atoms. The van der Waals surface area contributed by atoms with Crippen molar-refractivity contribution in [1.29, 1.82) is 0 Å². The molecular weight excluding hydrogens is 360 g/mol. The van der Waals surface area contributed by atoms with Gasteiger partial charge in [-0.15, -0.1) is 0 Å². The maximum Gasteiger partial charge on any atom is 0.254 e. The SMILES string of the molecule is CCCOc1c(Br)cc(C(=O)N2CCC(NC)CC2)cc1OC. The number of carbonyl (C=O) groups excluding carboxylic acids is 1. The van der Waals surface area contributed by atoms with Crippen LogP contribution in [0, 0.1) is 0 Å². The van der Waals surface area contributed by atoms with E-state index in [1.54, 1.807) is 13.2 Å². The number of halogens is 1. The summed E-state index contributed by atoms with van der Waals surface area (Å²) in [4.78, 5) is 14.6. The summed E-state index contributed by atoms with van der Waals surface area (Å²) < 4.78 is 11.9. The Labute approximate surface area is 146 Å². The Morgan fingerprint density at radius 2 is 2.09 bits per heavy atom. The van der Waals surface area contributed by atoms with Gasteiger partial charge in [0, 0.05) is 24.7 Å². The molecule has 1 aliphatic heterocycles. The molecule has 1 amide bonds. The van der Waals surface area contributed by atoms with Gasteiger partial charge in [-0.3, -0.25) is 4.79 Å². The van der Waals surface area contributed by atoms with Crippen LogP contribution in [-0.4, -0.2) is 50.7 Å². The third-order valence-electron chi connectivity index (χ3n) is 4.12. The number of methoxy groups -OCH3 is 1. The highest BCUT2D eigenvalue weighted by Crippen LogP contribution is 2.37. The Morgan fingerprint density at radius 1 is 1.39 bits per heavy atom. The molecule has 1 N–H and O–H groups in total. The molecule has 1 fully saturated rings. The van der Waals surface area contributed by atoms with E-state index in [9.17, 15) is 4.79 Å². The summed E-state index contributed by atoms with van der Waals surface area (Å²) in [6.45, 7) is 4.21. The van der Waals surface area contributed by atoms with Crippen LogP contribution in [0.4, 0.5) is 0 Å². The third kappa shape index (κ3) is 4.38. The first-order valence-electron chi connectivity index (χ1n) is 8.07. The molecule has 0 bridgehead atoms. The molecule has 0 unspecified atom stereocenters. The number of piperidine rings is 1. The van der Waals surface area contributed by atoms with E-state index in [-0.39, 0.29) is 5.91 Å². The summed E-state index contributed by atoms with van der Waals surface area (Å²) in [7, 11) is 3.56. The lowest BCUT2D eigenvalue weighted by atomic mass is 10.0. The van der Waals surface area contributed by atoms with E-state index in [1.165, 1.54) is 0 Å². The highest BCUT2D eigenvalue weighted by Gasteiger charge is 2.24. The molecule has 1 saturated heterocycles. The molecule has 1 heterocycles. The van der Waals surface area contributed by atoms with Crippen molar-refractivity contribution < 1.29 is 14.3 Å². The maximum atomic E-state index is 12.7. The maximum absolute atomic E-state index is 12.7. The summed E-state index contributed by atoms with van der Waals surface area (Å²) in [5.74, 6) is 1.28. The van der Waals surface area contributed by atoms with Crippen LogP contribution < -0.4 is 14.8 Å². The molecule has 0 saturated carbocycles. The molecule has 0 atom stereocenters. The van der Waals surface area contributed by atoms with Crippen molar-refractivity contribution >= 4 is 21.8 Å². The minimum atomic E-state index is 0.0422. The summed E-state index contributed by atoms with van der Waals surface area (Å²) in [6.07, 6.45) is 2.88. The number of rotatable bonds is 6. The van der Waals surface area contributed by atoms with Gasteiger partial charge in [0.25, 0.3) is 5.91 Å². The number of likely N-dealkylation sites (tertiary alicyclic amines) is 1. The minimum absolute atomic E-state index is 0.0422. The van der Waals surface area contributed by atoms with Crippen molar-refractivity contribution in [2.45, 2.75) is 32.2 Å². The van der Waals surface area contributed by atoms with Crippen LogP contribution in [0.1, 0.15) is 36.5 Å². The monoisotopic (exact) mass is 384 g/mol. The zero-order valence-corrected chi connectivity index (χ0v) is 15.6. The van der Waals surface area contributed by atoms with Gasteiger partial charge >= 0.3 is 0 Å². The van der Waals surface area contributed by atoms with Gasteiger partial charge in [-0.05, 0) is 54.4 Å². The largest absolute Gasteiger partial charge is 0.493 e. The van der Waals surface area contributed by atoms with Gasteiger partial charge in [-0.2, -0.15) is 0 Å². The molecular formula is C17H25BrN2O3. The average Bonchev–Trinajstić information content (AvgIpc) is 2.59. The van der Waals surface area contributed by atoms with E-state index in [4.69, 9.17) is 9.47 Å². The number of nitrogens with one attached hydrogen (secondary N) is 1. The summed E-state index contributed by atoms with van der Waals surface area (Å²) in [5, 5.41) is 3.28. The average molecular weight is 385 g/mol. The molecule has 0 aliphatic carbocycles. The van der Waals surface area contributed by atoms with Gasteiger partial charge in [0.05, 0.1) is 18.2 Å². The first-order chi connectivity index (χ1) is 11.1. The number of ether oxygens (including phenoxy) is 2. The van der Waals surface area contributed by atoms with Crippen molar-refractivity contribution in [3.63, 3.8) is 0 Å². The van der Waals surface area contributed by atoms with Crippen molar-refractivity contribution in [3.05, 3.63) is 22.2 Å². The van der Waals surface area contributed by atoms with Gasteiger partial charge in [-0.1, -0.05) is 6.92 Å². The zero-order valence-electron chi connectivity index (χ0n) is 14.0. The fraction of sp³-hybridized carbons (Fsp3) is 0.588.